The molecule has 1 amide bonds. The molecule has 1 aliphatic rings. The second-order valence-corrected chi connectivity index (χ2v) is 5.84. The van der Waals surface area contributed by atoms with Gasteiger partial charge in [0.25, 0.3) is 5.91 Å². The maximum absolute atomic E-state index is 12.6. The quantitative estimate of drug-likeness (QED) is 0.746. The molecule has 0 aliphatic carbocycles. The van der Waals surface area contributed by atoms with E-state index in [-0.39, 0.29) is 12.5 Å². The molecule has 0 fully saturated rings. The minimum absolute atomic E-state index is 0.173. The Bertz CT molecular complexity index is 996. The molecule has 1 N–H and O–H groups in total. The molecule has 136 valence electrons. The van der Waals surface area contributed by atoms with Gasteiger partial charge in [-0.25, -0.2) is 0 Å². The summed E-state index contributed by atoms with van der Waals surface area (Å²) < 4.78 is 16.5. The molecule has 1 aromatic heterocycles. The Labute approximate surface area is 155 Å². The zero-order chi connectivity index (χ0) is 18.6. The molecule has 3 aromatic rings. The molecule has 4 rings (SSSR count). The first-order chi connectivity index (χ1) is 13.2. The second-order valence-electron chi connectivity index (χ2n) is 5.84. The number of benzene rings is 2. The molecule has 0 unspecified atom stereocenters. The number of carbonyl (C=O) groups excluding carboxylic acids is 1. The smallest absolute Gasteiger partial charge is 0.255 e. The normalized spacial score (nSPS) is 12.6. The lowest BCUT2D eigenvalue weighted by Crippen LogP contribution is -2.21. The van der Waals surface area contributed by atoms with Crippen LogP contribution in [0.15, 0.2) is 58.8 Å². The third-order valence-electron chi connectivity index (χ3n) is 4.03. The van der Waals surface area contributed by atoms with E-state index in [9.17, 15) is 4.79 Å². The maximum atomic E-state index is 12.6. The Morgan fingerprint density at radius 1 is 1.26 bits per heavy atom. The van der Waals surface area contributed by atoms with Gasteiger partial charge in [-0.3, -0.25) is 4.79 Å². The van der Waals surface area contributed by atoms with Crippen LogP contribution in [0.2, 0.25) is 0 Å². The molecule has 1 aliphatic heterocycles. The van der Waals surface area contributed by atoms with Gasteiger partial charge in [-0.1, -0.05) is 18.2 Å². The molecule has 0 bridgehead atoms. The van der Waals surface area contributed by atoms with Crippen molar-refractivity contribution in [3.05, 3.63) is 60.0 Å². The number of carbonyl (C=O) groups is 1. The number of aromatic nitrogens is 2. The monoisotopic (exact) mass is 363 g/mol. The topological polar surface area (TPSA) is 86.5 Å². The number of rotatable bonds is 5. The average molecular weight is 363 g/mol. The summed E-state index contributed by atoms with van der Waals surface area (Å²) in [5, 5.41) is 10.4. The lowest BCUT2D eigenvalue weighted by atomic mass is 10.1. The van der Waals surface area contributed by atoms with E-state index < -0.39 is 0 Å². The largest absolute Gasteiger partial charge is 0.490 e. The van der Waals surface area contributed by atoms with E-state index in [0.717, 1.165) is 11.1 Å². The minimum atomic E-state index is -0.231. The summed E-state index contributed by atoms with van der Waals surface area (Å²) in [6, 6.07) is 12.8. The van der Waals surface area contributed by atoms with Crippen LogP contribution in [0.1, 0.15) is 12.5 Å². The highest BCUT2D eigenvalue weighted by atomic mass is 16.5. The van der Waals surface area contributed by atoms with Crippen LogP contribution in [0.5, 0.6) is 11.5 Å². The summed E-state index contributed by atoms with van der Waals surface area (Å²) in [4.78, 5) is 12.6. The Kier molecular flexibility index (Phi) is 4.57. The van der Waals surface area contributed by atoms with E-state index in [1.165, 1.54) is 6.39 Å². The van der Waals surface area contributed by atoms with Crippen LogP contribution in [0.3, 0.4) is 0 Å². The van der Waals surface area contributed by atoms with Crippen molar-refractivity contribution in [2.24, 2.45) is 0 Å². The number of nitrogens with zero attached hydrogens (tertiary/aromatic N) is 2. The van der Waals surface area contributed by atoms with E-state index in [4.69, 9.17) is 13.9 Å². The zero-order valence-corrected chi connectivity index (χ0v) is 14.6. The van der Waals surface area contributed by atoms with Gasteiger partial charge in [0, 0.05) is 16.8 Å². The van der Waals surface area contributed by atoms with E-state index in [1.54, 1.807) is 12.1 Å². The Balaban J connectivity index is 1.54. The fourth-order valence-corrected chi connectivity index (χ4v) is 2.82. The number of ether oxygens (including phenoxy) is 2. The van der Waals surface area contributed by atoms with Crippen molar-refractivity contribution in [3.63, 3.8) is 0 Å². The first-order valence-corrected chi connectivity index (χ1v) is 8.51. The first-order valence-electron chi connectivity index (χ1n) is 8.51. The highest BCUT2D eigenvalue weighted by Gasteiger charge is 2.20. The average Bonchev–Trinajstić information content (AvgIpc) is 3.23. The molecule has 0 saturated heterocycles. The molecule has 2 aromatic carbocycles. The Morgan fingerprint density at radius 3 is 2.96 bits per heavy atom. The van der Waals surface area contributed by atoms with Crippen molar-refractivity contribution in [1.29, 1.82) is 0 Å². The molecule has 27 heavy (non-hydrogen) atoms. The summed E-state index contributed by atoms with van der Waals surface area (Å²) in [5.74, 6) is 1.50. The number of amides is 1. The van der Waals surface area contributed by atoms with Crippen molar-refractivity contribution >= 4 is 17.7 Å². The zero-order valence-electron chi connectivity index (χ0n) is 14.6. The van der Waals surface area contributed by atoms with Gasteiger partial charge in [-0.2, -0.15) is 0 Å². The Hall–Kier alpha value is -3.61. The SMILES string of the molecule is CCOc1cccc2c1OCC(C(=O)Nc1cccc(-c3nnco3)c1)=C2. The number of nitrogens with one attached hydrogen (secondary N) is 1. The van der Waals surface area contributed by atoms with Crippen LogP contribution >= 0.6 is 0 Å². The van der Waals surface area contributed by atoms with Crippen LogP contribution in [0.4, 0.5) is 5.69 Å². The van der Waals surface area contributed by atoms with Gasteiger partial charge in [0.2, 0.25) is 12.3 Å². The Morgan fingerprint density at radius 2 is 2.15 bits per heavy atom. The molecule has 0 radical (unpaired) electrons. The molecule has 0 saturated carbocycles. The maximum Gasteiger partial charge on any atom is 0.255 e. The number of anilines is 1. The van der Waals surface area contributed by atoms with E-state index in [0.29, 0.717) is 35.3 Å². The van der Waals surface area contributed by atoms with Crippen LogP contribution in [-0.4, -0.2) is 29.3 Å². The summed E-state index contributed by atoms with van der Waals surface area (Å²) in [6.45, 7) is 2.64. The van der Waals surface area contributed by atoms with Crippen molar-refractivity contribution in [1.82, 2.24) is 10.2 Å². The highest BCUT2D eigenvalue weighted by Crippen LogP contribution is 2.36. The van der Waals surface area contributed by atoms with Crippen molar-refractivity contribution in [2.45, 2.75) is 6.92 Å². The molecular weight excluding hydrogens is 346 g/mol. The van der Waals surface area contributed by atoms with Gasteiger partial charge < -0.3 is 19.2 Å². The number of para-hydroxylation sites is 1. The van der Waals surface area contributed by atoms with Crippen LogP contribution in [0.25, 0.3) is 17.5 Å². The predicted octanol–water partition coefficient (Wildman–Crippen LogP) is 3.55. The summed E-state index contributed by atoms with van der Waals surface area (Å²) >= 11 is 0. The van der Waals surface area contributed by atoms with Crippen molar-refractivity contribution < 1.29 is 18.7 Å². The fourth-order valence-electron chi connectivity index (χ4n) is 2.82. The van der Waals surface area contributed by atoms with Gasteiger partial charge in [-0.15, -0.1) is 10.2 Å². The minimum Gasteiger partial charge on any atom is -0.490 e. The fraction of sp³-hybridized carbons (Fsp3) is 0.150. The van der Waals surface area contributed by atoms with Crippen LogP contribution < -0.4 is 14.8 Å². The van der Waals surface area contributed by atoms with Gasteiger partial charge >= 0.3 is 0 Å². The molecule has 7 heteroatoms. The van der Waals surface area contributed by atoms with E-state index in [2.05, 4.69) is 15.5 Å². The number of fused-ring (bicyclic) bond motifs is 1. The van der Waals surface area contributed by atoms with Gasteiger partial charge in [0.1, 0.15) is 6.61 Å². The van der Waals surface area contributed by atoms with Crippen molar-refractivity contribution in [3.8, 4) is 23.0 Å². The molecule has 2 heterocycles. The number of hydrogen-bond acceptors (Lipinski definition) is 6. The van der Waals surface area contributed by atoms with Crippen molar-refractivity contribution in [2.75, 3.05) is 18.5 Å². The van der Waals surface area contributed by atoms with Gasteiger partial charge in [-0.05, 0) is 37.3 Å². The summed E-state index contributed by atoms with van der Waals surface area (Å²) in [5.41, 5.74) is 2.70. The third kappa shape index (κ3) is 3.52. The number of hydrogen-bond donors (Lipinski definition) is 1. The first kappa shape index (κ1) is 16.8. The molecule has 0 spiro atoms. The van der Waals surface area contributed by atoms with Gasteiger partial charge in [0.05, 0.1) is 12.2 Å². The summed E-state index contributed by atoms with van der Waals surface area (Å²) in [7, 11) is 0. The lowest BCUT2D eigenvalue weighted by molar-refractivity contribution is -0.113. The van der Waals surface area contributed by atoms with Gasteiger partial charge in [0.15, 0.2) is 11.5 Å². The molecule has 0 atom stereocenters. The second kappa shape index (κ2) is 7.33. The van der Waals surface area contributed by atoms with E-state index >= 15 is 0 Å². The molecular formula is C20H17N3O4. The summed E-state index contributed by atoms with van der Waals surface area (Å²) in [6.07, 6.45) is 3.08. The highest BCUT2D eigenvalue weighted by molar-refractivity contribution is 6.07. The predicted molar refractivity (Wildman–Crippen MR) is 99.4 cm³/mol. The standard InChI is InChI=1S/C20H17N3O4/c1-2-25-17-8-4-5-13-9-15(11-26-18(13)17)19(24)22-16-7-3-6-14(10-16)20-23-21-12-27-20/h3-10,12H,2,11H2,1H3,(H,22,24). The lowest BCUT2D eigenvalue weighted by Gasteiger charge is -2.20. The van der Waals surface area contributed by atoms with Crippen LogP contribution in [-0.2, 0) is 4.79 Å². The molecule has 7 nitrogen and oxygen atoms in total. The third-order valence-corrected chi connectivity index (χ3v) is 4.03. The van der Waals surface area contributed by atoms with E-state index in [1.807, 2.05) is 43.3 Å². The van der Waals surface area contributed by atoms with Crippen LogP contribution in [0, 0.1) is 0 Å².